The Labute approximate surface area is 261 Å². The molecule has 6 rings (SSSR count). The summed E-state index contributed by atoms with van der Waals surface area (Å²) < 4.78 is 10.9. The molecule has 1 saturated heterocycles. The maximum atomic E-state index is 14.0. The van der Waals surface area contributed by atoms with Gasteiger partial charge < -0.3 is 35.0 Å². The molecule has 4 saturated carbocycles. The van der Waals surface area contributed by atoms with Crippen molar-refractivity contribution >= 4 is 11.8 Å². The number of carbonyl (C=O) groups is 2. The van der Waals surface area contributed by atoms with Gasteiger partial charge in [0, 0.05) is 24.4 Å². The minimum Gasteiger partial charge on any atom is -0.432 e. The monoisotopic (exact) mass is 618 g/mol. The number of hydrogen-bond acceptors (Lipinski definition) is 9. The fraction of sp³-hybridized carbons (Fsp3) is 0.886. The van der Waals surface area contributed by atoms with E-state index in [1.165, 1.54) is 5.57 Å². The van der Waals surface area contributed by atoms with E-state index >= 15 is 0 Å². The average Bonchev–Trinajstić information content (AvgIpc) is 2.95. The Hall–Kier alpha value is -1.36. The summed E-state index contributed by atoms with van der Waals surface area (Å²) in [6.45, 7) is 12.9. The molecule has 0 amide bonds. The lowest BCUT2D eigenvalue weighted by atomic mass is 9.33. The van der Waals surface area contributed by atoms with E-state index in [1.807, 2.05) is 0 Å². The van der Waals surface area contributed by atoms with Crippen molar-refractivity contribution in [3.05, 3.63) is 11.6 Å². The van der Waals surface area contributed by atoms with Crippen LogP contribution in [0.2, 0.25) is 0 Å². The van der Waals surface area contributed by atoms with Crippen LogP contribution in [0, 0.1) is 50.2 Å². The van der Waals surface area contributed by atoms with E-state index in [0.717, 1.165) is 38.5 Å². The Bertz CT molecular complexity index is 1230. The van der Waals surface area contributed by atoms with Crippen LogP contribution in [0.4, 0.5) is 0 Å². The quantitative estimate of drug-likeness (QED) is 0.182. The molecule has 248 valence electrons. The molecule has 9 heteroatoms. The molecule has 1 aliphatic heterocycles. The third kappa shape index (κ3) is 4.25. The van der Waals surface area contributed by atoms with Gasteiger partial charge in [-0.1, -0.05) is 46.3 Å². The second-order valence-electron chi connectivity index (χ2n) is 17.2. The van der Waals surface area contributed by atoms with Crippen molar-refractivity contribution in [2.45, 2.75) is 130 Å². The minimum absolute atomic E-state index is 0.0985. The van der Waals surface area contributed by atoms with Gasteiger partial charge in [-0.3, -0.25) is 9.59 Å². The predicted octanol–water partition coefficient (Wildman–Crippen LogP) is 3.28. The first-order chi connectivity index (χ1) is 20.4. The highest BCUT2D eigenvalue weighted by Crippen LogP contribution is 2.75. The molecule has 0 aromatic rings. The summed E-state index contributed by atoms with van der Waals surface area (Å²) in [7, 11) is 0. The van der Waals surface area contributed by atoms with Gasteiger partial charge in [0.05, 0.1) is 12.7 Å². The fourth-order valence-electron chi connectivity index (χ4n) is 11.7. The number of esters is 1. The summed E-state index contributed by atoms with van der Waals surface area (Å²) in [5.74, 6) is -1.48. The Balaban J connectivity index is 1.36. The van der Waals surface area contributed by atoms with Crippen LogP contribution in [0.25, 0.3) is 0 Å². The lowest BCUT2D eigenvalue weighted by molar-refractivity contribution is -0.273. The van der Waals surface area contributed by atoms with Crippen LogP contribution in [-0.2, 0) is 19.1 Å². The molecule has 44 heavy (non-hydrogen) atoms. The van der Waals surface area contributed by atoms with Crippen LogP contribution >= 0.6 is 0 Å². The van der Waals surface area contributed by atoms with Gasteiger partial charge in [0.2, 0.25) is 6.29 Å². The molecular weight excluding hydrogens is 564 g/mol. The van der Waals surface area contributed by atoms with Gasteiger partial charge in [0.1, 0.15) is 29.5 Å². The number of aliphatic hydroxyl groups is 5. The number of fused-ring (bicyclic) bond motifs is 7. The Kier molecular flexibility index (Phi) is 7.64. The van der Waals surface area contributed by atoms with E-state index < -0.39 is 53.4 Å². The van der Waals surface area contributed by atoms with Crippen molar-refractivity contribution in [1.82, 2.24) is 0 Å². The second-order valence-corrected chi connectivity index (χ2v) is 17.2. The Morgan fingerprint density at radius 1 is 0.932 bits per heavy atom. The summed E-state index contributed by atoms with van der Waals surface area (Å²) >= 11 is 0. The number of Topliss-reactive ketones (excluding diaryl/α,β-unsaturated/α-hetero) is 1. The molecule has 1 heterocycles. The van der Waals surface area contributed by atoms with Crippen molar-refractivity contribution < 1.29 is 44.6 Å². The number of hydrogen-bond donors (Lipinski definition) is 5. The number of ether oxygens (including phenoxy) is 2. The highest BCUT2D eigenvalue weighted by atomic mass is 16.7. The second kappa shape index (κ2) is 10.3. The first kappa shape index (κ1) is 32.6. The topological polar surface area (TPSA) is 154 Å². The number of ketones is 1. The predicted molar refractivity (Wildman–Crippen MR) is 161 cm³/mol. The van der Waals surface area contributed by atoms with Gasteiger partial charge in [-0.25, -0.2) is 0 Å². The van der Waals surface area contributed by atoms with Crippen LogP contribution in [-0.4, -0.2) is 81.2 Å². The van der Waals surface area contributed by atoms with Crippen LogP contribution in [0.3, 0.4) is 0 Å². The highest BCUT2D eigenvalue weighted by Gasteiger charge is 2.72. The third-order valence-electron chi connectivity index (χ3n) is 14.6. The van der Waals surface area contributed by atoms with E-state index in [4.69, 9.17) is 9.47 Å². The molecule has 0 unspecified atom stereocenters. The van der Waals surface area contributed by atoms with Gasteiger partial charge in [-0.05, 0) is 91.8 Å². The Morgan fingerprint density at radius 2 is 1.61 bits per heavy atom. The van der Waals surface area contributed by atoms with Crippen LogP contribution in [0.15, 0.2) is 11.6 Å². The highest BCUT2D eigenvalue weighted by molar-refractivity contribution is 6.04. The molecule has 0 radical (unpaired) electrons. The Morgan fingerprint density at radius 3 is 2.30 bits per heavy atom. The smallest absolute Gasteiger partial charge is 0.322 e. The SMILES string of the molecule is CC1(C)CC[C@]2(CO)CC[C@]3(C)C(=CC[C@@H]4[C@@]5(C)CCC(=O)[C@@](C)(C(=O)O[C@@H]6OC[C@H](O)[C@H](O)[C@H]6O)[C@H]5[C@H](O)C[C@]43C)[C@H]2C1. The molecule has 0 spiro atoms. The molecule has 6 aliphatic rings. The van der Waals surface area contributed by atoms with E-state index in [9.17, 15) is 35.1 Å². The number of carbonyl (C=O) groups excluding carboxylic acids is 2. The van der Waals surface area contributed by atoms with Crippen LogP contribution in [0.5, 0.6) is 0 Å². The van der Waals surface area contributed by atoms with Gasteiger partial charge in [0.15, 0.2) is 0 Å². The number of rotatable bonds is 3. The largest absolute Gasteiger partial charge is 0.432 e. The average molecular weight is 619 g/mol. The zero-order chi connectivity index (χ0) is 32.3. The van der Waals surface area contributed by atoms with E-state index in [2.05, 4.69) is 40.7 Å². The first-order valence-corrected chi connectivity index (χ1v) is 16.8. The summed E-state index contributed by atoms with van der Waals surface area (Å²) in [6, 6.07) is 0. The fourth-order valence-corrected chi connectivity index (χ4v) is 11.7. The molecule has 5 aliphatic carbocycles. The lowest BCUT2D eigenvalue weighted by Gasteiger charge is -2.71. The molecule has 0 bridgehead atoms. The molecule has 13 atom stereocenters. The molecule has 5 fully saturated rings. The van der Waals surface area contributed by atoms with Crippen molar-refractivity contribution in [3.8, 4) is 0 Å². The van der Waals surface area contributed by atoms with Crippen molar-refractivity contribution in [1.29, 1.82) is 0 Å². The van der Waals surface area contributed by atoms with Gasteiger partial charge >= 0.3 is 5.97 Å². The molecule has 0 aromatic carbocycles. The summed E-state index contributed by atoms with van der Waals surface area (Å²) in [5, 5.41) is 53.3. The van der Waals surface area contributed by atoms with E-state index in [1.54, 1.807) is 6.92 Å². The molecule has 9 nitrogen and oxygen atoms in total. The van der Waals surface area contributed by atoms with Crippen molar-refractivity contribution in [2.75, 3.05) is 13.2 Å². The summed E-state index contributed by atoms with van der Waals surface area (Å²) in [4.78, 5) is 27.7. The summed E-state index contributed by atoms with van der Waals surface area (Å²) in [5.41, 5.74) is -1.18. The maximum Gasteiger partial charge on any atom is 0.322 e. The molecule has 0 aromatic heterocycles. The van der Waals surface area contributed by atoms with Gasteiger partial charge in [-0.15, -0.1) is 0 Å². The van der Waals surface area contributed by atoms with Gasteiger partial charge in [-0.2, -0.15) is 0 Å². The third-order valence-corrected chi connectivity index (χ3v) is 14.6. The summed E-state index contributed by atoms with van der Waals surface area (Å²) in [6.07, 6.45) is 2.42. The van der Waals surface area contributed by atoms with Crippen LogP contribution in [0.1, 0.15) is 99.3 Å². The zero-order valence-corrected chi connectivity index (χ0v) is 27.3. The normalized spacial score (nSPS) is 53.3. The van der Waals surface area contributed by atoms with Crippen molar-refractivity contribution in [2.24, 2.45) is 50.2 Å². The number of allylic oxidation sites excluding steroid dienone is 2. The van der Waals surface area contributed by atoms with Crippen molar-refractivity contribution in [3.63, 3.8) is 0 Å². The lowest BCUT2D eigenvalue weighted by Crippen LogP contribution is -2.69. The van der Waals surface area contributed by atoms with E-state index in [0.29, 0.717) is 18.8 Å². The maximum absolute atomic E-state index is 14.0. The molecule has 5 N–H and O–H groups in total. The minimum atomic E-state index is -1.67. The number of aliphatic hydroxyl groups excluding tert-OH is 5. The van der Waals surface area contributed by atoms with Gasteiger partial charge in [0.25, 0.3) is 0 Å². The van der Waals surface area contributed by atoms with E-state index in [-0.39, 0.29) is 53.0 Å². The molecular formula is C35H54O9. The zero-order valence-electron chi connectivity index (χ0n) is 27.3. The first-order valence-electron chi connectivity index (χ1n) is 16.8. The standard InChI is InChI=1S/C35H54O9/c1-30(2)11-13-35(18-36)14-12-32(4)19(20(35)15-30)7-8-23-31(3)10-9-24(39)34(6,27(31)21(37)16-33(23,32)5)29(42)44-28-26(41)25(40)22(38)17-43-28/h7,20-23,25-28,36-38,40-41H,8-18H2,1-6H3/t20-,21-,22+,23-,25+,26-,27+,28+,31-,32-,33-,34-,35-/m1/s1. The van der Waals surface area contributed by atoms with Crippen LogP contribution < -0.4 is 0 Å².